The maximum atomic E-state index is 7.35. The van der Waals surface area contributed by atoms with E-state index < -0.39 is 0 Å². The van der Waals surface area contributed by atoms with Gasteiger partial charge < -0.3 is 10.5 Å². The Labute approximate surface area is 127 Å². The van der Waals surface area contributed by atoms with Gasteiger partial charge in [0.2, 0.25) is 0 Å². The number of pyridine rings is 1. The Kier molecular flexibility index (Phi) is 4.55. The number of ether oxygens (including phenoxy) is 1. The molecule has 2 rings (SSSR count). The van der Waals surface area contributed by atoms with Crippen LogP contribution in [0.4, 0.5) is 0 Å². The Hall–Kier alpha value is -1.40. The summed E-state index contributed by atoms with van der Waals surface area (Å²) in [6.07, 6.45) is 1.62. The van der Waals surface area contributed by atoms with E-state index in [9.17, 15) is 0 Å². The third-order valence-electron chi connectivity index (χ3n) is 2.39. The van der Waals surface area contributed by atoms with E-state index in [-0.39, 0.29) is 5.84 Å². The lowest BCUT2D eigenvalue weighted by molar-refractivity contribution is 0.304. The first-order chi connectivity index (χ1) is 9.06. The summed E-state index contributed by atoms with van der Waals surface area (Å²) in [6.45, 7) is 0.392. The van der Waals surface area contributed by atoms with Crippen LogP contribution in [0.2, 0.25) is 0 Å². The lowest BCUT2D eigenvalue weighted by Crippen LogP contribution is -2.13. The van der Waals surface area contributed by atoms with E-state index >= 15 is 0 Å². The molecule has 0 bridgehead atoms. The summed E-state index contributed by atoms with van der Waals surface area (Å²) < 4.78 is 7.56. The van der Waals surface area contributed by atoms with Gasteiger partial charge in [-0.05, 0) is 51.8 Å². The molecule has 2 aromatic rings. The molecule has 0 spiro atoms. The van der Waals surface area contributed by atoms with Crippen LogP contribution in [0.15, 0.2) is 45.5 Å². The van der Waals surface area contributed by atoms with Crippen LogP contribution in [-0.4, -0.2) is 10.8 Å². The van der Waals surface area contributed by atoms with Crippen LogP contribution in [0.5, 0.6) is 5.75 Å². The predicted octanol–water partition coefficient (Wildman–Crippen LogP) is 3.47. The second kappa shape index (κ2) is 6.16. The number of rotatable bonds is 4. The molecule has 4 nitrogen and oxygen atoms in total. The van der Waals surface area contributed by atoms with Gasteiger partial charge in [-0.25, -0.2) is 0 Å². The van der Waals surface area contributed by atoms with Crippen LogP contribution in [0, 0.1) is 5.41 Å². The van der Waals surface area contributed by atoms with E-state index in [4.69, 9.17) is 15.9 Å². The highest BCUT2D eigenvalue weighted by Crippen LogP contribution is 2.28. The van der Waals surface area contributed by atoms with Gasteiger partial charge in [0.05, 0.1) is 4.47 Å². The standard InChI is InChI=1S/C13H11Br2N3O/c14-9-1-2-12(10(15)6-9)19-7-8-3-4-18-11(5-8)13(16)17/h1-6H,7H2,(H3,16,17). The van der Waals surface area contributed by atoms with Crippen molar-refractivity contribution in [3.05, 3.63) is 56.7 Å². The molecule has 1 aromatic carbocycles. The molecule has 98 valence electrons. The molecule has 0 saturated carbocycles. The Morgan fingerprint density at radius 2 is 2.05 bits per heavy atom. The van der Waals surface area contributed by atoms with E-state index in [0.29, 0.717) is 12.3 Å². The molecular formula is C13H11Br2N3O. The maximum Gasteiger partial charge on any atom is 0.141 e. The quantitative estimate of drug-likeness (QED) is 0.626. The average molecular weight is 385 g/mol. The highest BCUT2D eigenvalue weighted by molar-refractivity contribution is 9.11. The Morgan fingerprint density at radius 1 is 1.26 bits per heavy atom. The van der Waals surface area contributed by atoms with E-state index in [0.717, 1.165) is 20.3 Å². The van der Waals surface area contributed by atoms with E-state index in [1.54, 1.807) is 12.3 Å². The molecule has 0 aliphatic carbocycles. The van der Waals surface area contributed by atoms with E-state index in [1.165, 1.54) is 0 Å². The third-order valence-corrected chi connectivity index (χ3v) is 3.50. The topological polar surface area (TPSA) is 72.0 Å². The van der Waals surface area contributed by atoms with Crippen LogP contribution >= 0.6 is 31.9 Å². The SMILES string of the molecule is N=C(N)c1cc(COc2ccc(Br)cc2Br)ccn1. The van der Waals surface area contributed by atoms with Gasteiger partial charge in [-0.15, -0.1) is 0 Å². The molecule has 0 aliphatic rings. The summed E-state index contributed by atoms with van der Waals surface area (Å²) in [5.74, 6) is 0.705. The number of aromatic nitrogens is 1. The van der Waals surface area contributed by atoms with Crippen molar-refractivity contribution in [2.24, 2.45) is 5.73 Å². The van der Waals surface area contributed by atoms with Crippen LogP contribution < -0.4 is 10.5 Å². The normalized spacial score (nSPS) is 10.2. The van der Waals surface area contributed by atoms with Crippen molar-refractivity contribution in [1.82, 2.24) is 4.98 Å². The summed E-state index contributed by atoms with van der Waals surface area (Å²) >= 11 is 6.82. The molecule has 0 unspecified atom stereocenters. The molecule has 0 fully saturated rings. The zero-order chi connectivity index (χ0) is 13.8. The molecule has 6 heteroatoms. The van der Waals surface area contributed by atoms with Gasteiger partial charge >= 0.3 is 0 Å². The van der Waals surface area contributed by atoms with Crippen molar-refractivity contribution < 1.29 is 4.74 Å². The predicted molar refractivity (Wildman–Crippen MR) is 81.4 cm³/mol. The van der Waals surface area contributed by atoms with Crippen LogP contribution in [0.25, 0.3) is 0 Å². The maximum absolute atomic E-state index is 7.35. The smallest absolute Gasteiger partial charge is 0.141 e. The monoisotopic (exact) mass is 383 g/mol. The zero-order valence-electron chi connectivity index (χ0n) is 9.86. The van der Waals surface area contributed by atoms with Gasteiger partial charge in [-0.3, -0.25) is 10.4 Å². The summed E-state index contributed by atoms with van der Waals surface area (Å²) in [6, 6.07) is 9.28. The molecular weight excluding hydrogens is 374 g/mol. The van der Waals surface area contributed by atoms with Gasteiger partial charge in [0, 0.05) is 10.7 Å². The average Bonchev–Trinajstić information content (AvgIpc) is 2.38. The second-order valence-electron chi connectivity index (χ2n) is 3.83. The van der Waals surface area contributed by atoms with Crippen molar-refractivity contribution in [3.63, 3.8) is 0 Å². The fraction of sp³-hybridized carbons (Fsp3) is 0.0769. The lowest BCUT2D eigenvalue weighted by Gasteiger charge is -2.09. The minimum Gasteiger partial charge on any atom is -0.488 e. The highest BCUT2D eigenvalue weighted by Gasteiger charge is 2.04. The Balaban J connectivity index is 2.10. The van der Waals surface area contributed by atoms with Crippen molar-refractivity contribution in [2.75, 3.05) is 0 Å². The molecule has 19 heavy (non-hydrogen) atoms. The molecule has 1 aromatic heterocycles. The van der Waals surface area contributed by atoms with Crippen molar-refractivity contribution in [3.8, 4) is 5.75 Å². The first-order valence-corrected chi connectivity index (χ1v) is 7.02. The minimum absolute atomic E-state index is 0.0494. The van der Waals surface area contributed by atoms with Gasteiger partial charge in [-0.1, -0.05) is 15.9 Å². The molecule has 1 heterocycles. The fourth-order valence-corrected chi connectivity index (χ4v) is 2.63. The third kappa shape index (κ3) is 3.78. The number of amidine groups is 1. The zero-order valence-corrected chi connectivity index (χ0v) is 13.0. The Morgan fingerprint density at radius 3 is 2.74 bits per heavy atom. The van der Waals surface area contributed by atoms with Crippen LogP contribution in [-0.2, 0) is 6.61 Å². The molecule has 3 N–H and O–H groups in total. The van der Waals surface area contributed by atoms with Gasteiger partial charge in [0.1, 0.15) is 23.9 Å². The number of halogens is 2. The minimum atomic E-state index is -0.0494. The number of hydrogen-bond acceptors (Lipinski definition) is 3. The molecule has 0 atom stereocenters. The fourth-order valence-electron chi connectivity index (χ4n) is 1.46. The first-order valence-electron chi connectivity index (χ1n) is 5.43. The van der Waals surface area contributed by atoms with Crippen LogP contribution in [0.1, 0.15) is 11.3 Å². The number of benzene rings is 1. The van der Waals surface area contributed by atoms with E-state index in [2.05, 4.69) is 36.8 Å². The van der Waals surface area contributed by atoms with Gasteiger partial charge in [0.25, 0.3) is 0 Å². The van der Waals surface area contributed by atoms with Gasteiger partial charge in [0.15, 0.2) is 0 Å². The number of hydrogen-bond donors (Lipinski definition) is 2. The number of nitrogens with two attached hydrogens (primary N) is 1. The summed E-state index contributed by atoms with van der Waals surface area (Å²) in [5.41, 5.74) is 6.76. The molecule has 0 radical (unpaired) electrons. The molecule has 0 aliphatic heterocycles. The highest BCUT2D eigenvalue weighted by atomic mass is 79.9. The molecule has 0 saturated heterocycles. The van der Waals surface area contributed by atoms with Crippen molar-refractivity contribution in [2.45, 2.75) is 6.61 Å². The second-order valence-corrected chi connectivity index (χ2v) is 5.60. The first kappa shape index (κ1) is 14.0. The Bertz CT molecular complexity index is 617. The summed E-state index contributed by atoms with van der Waals surface area (Å²) in [4.78, 5) is 4.00. The van der Waals surface area contributed by atoms with Crippen LogP contribution in [0.3, 0.4) is 0 Å². The van der Waals surface area contributed by atoms with Crippen molar-refractivity contribution in [1.29, 1.82) is 5.41 Å². The number of nitrogens with zero attached hydrogens (tertiary/aromatic N) is 1. The number of nitrogen functional groups attached to an aromatic ring is 1. The lowest BCUT2D eigenvalue weighted by atomic mass is 10.2. The summed E-state index contributed by atoms with van der Waals surface area (Å²) in [7, 11) is 0. The largest absolute Gasteiger partial charge is 0.488 e. The van der Waals surface area contributed by atoms with Crippen molar-refractivity contribution >= 4 is 37.7 Å². The number of nitrogens with one attached hydrogen (secondary N) is 1. The van der Waals surface area contributed by atoms with E-state index in [1.807, 2.05) is 24.3 Å². The van der Waals surface area contributed by atoms with Gasteiger partial charge in [-0.2, -0.15) is 0 Å². The molecule has 0 amide bonds. The summed E-state index contributed by atoms with van der Waals surface area (Å²) in [5, 5.41) is 7.35.